The van der Waals surface area contributed by atoms with Gasteiger partial charge in [-0.15, -0.1) is 0 Å². The van der Waals surface area contributed by atoms with Crippen LogP contribution in [0.3, 0.4) is 0 Å². The topological polar surface area (TPSA) is 145 Å². The van der Waals surface area contributed by atoms with Crippen LogP contribution in [0, 0.1) is 5.82 Å². The number of fused-ring (bicyclic) bond motifs is 1. The van der Waals surface area contributed by atoms with Crippen molar-refractivity contribution in [2.75, 3.05) is 37.4 Å². The molecule has 1 aliphatic heterocycles. The first-order valence-corrected chi connectivity index (χ1v) is 11.5. The third kappa shape index (κ3) is 5.97. The Balaban J connectivity index is 1.34. The van der Waals surface area contributed by atoms with Crippen molar-refractivity contribution in [2.45, 2.75) is 12.6 Å². The summed E-state index contributed by atoms with van der Waals surface area (Å²) in [6.07, 6.45) is -0.177. The van der Waals surface area contributed by atoms with Crippen LogP contribution >= 0.6 is 15.9 Å². The van der Waals surface area contributed by atoms with E-state index in [2.05, 4.69) is 42.2 Å². The van der Waals surface area contributed by atoms with Gasteiger partial charge in [-0.3, -0.25) is 4.79 Å². The minimum Gasteiger partial charge on any atom is -0.423 e. The molecule has 184 valence electrons. The summed E-state index contributed by atoms with van der Waals surface area (Å²) in [6.45, 7) is 0.973. The maximum atomic E-state index is 13.5. The molecule has 35 heavy (non-hydrogen) atoms. The summed E-state index contributed by atoms with van der Waals surface area (Å²) in [7, 11) is 0.378. The summed E-state index contributed by atoms with van der Waals surface area (Å²) in [6, 6.07) is 9.47. The second-order valence-corrected chi connectivity index (χ2v) is 8.67. The number of hydrogen-bond donors (Lipinski definition) is 5. The number of halogens is 2. The molecule has 0 fully saturated rings. The summed E-state index contributed by atoms with van der Waals surface area (Å²) < 4.78 is 23.8. The van der Waals surface area contributed by atoms with Crippen LogP contribution in [0.4, 0.5) is 15.9 Å². The van der Waals surface area contributed by atoms with Crippen molar-refractivity contribution in [1.82, 2.24) is 20.7 Å². The Labute approximate surface area is 208 Å². The van der Waals surface area contributed by atoms with E-state index >= 15 is 0 Å². The van der Waals surface area contributed by atoms with Crippen molar-refractivity contribution in [3.05, 3.63) is 63.5 Å². The highest BCUT2D eigenvalue weighted by atomic mass is 79.9. The van der Waals surface area contributed by atoms with Gasteiger partial charge in [-0.05, 0) is 74.0 Å². The molecule has 1 aromatic heterocycles. The average Bonchev–Trinajstić information content (AvgIpc) is 3.30. The van der Waals surface area contributed by atoms with E-state index in [9.17, 15) is 19.4 Å². The molecule has 0 bridgehead atoms. The zero-order valence-electron chi connectivity index (χ0n) is 18.7. The molecule has 0 spiro atoms. The summed E-state index contributed by atoms with van der Waals surface area (Å²) in [4.78, 5) is 12.5. The van der Waals surface area contributed by atoms with Gasteiger partial charge in [0.05, 0.1) is 4.47 Å². The Morgan fingerprint density at radius 2 is 2.11 bits per heavy atom. The van der Waals surface area contributed by atoms with Gasteiger partial charge in [0, 0.05) is 38.0 Å². The van der Waals surface area contributed by atoms with Crippen LogP contribution in [0.5, 0.6) is 0 Å². The van der Waals surface area contributed by atoms with Crippen molar-refractivity contribution in [2.24, 2.45) is 0 Å². The van der Waals surface area contributed by atoms with Crippen molar-refractivity contribution in [3.63, 3.8) is 0 Å². The highest BCUT2D eigenvalue weighted by Crippen LogP contribution is 2.27. The molecule has 1 amide bonds. The van der Waals surface area contributed by atoms with Gasteiger partial charge < -0.3 is 30.8 Å². The molecule has 0 aliphatic carbocycles. The molecule has 2 heterocycles. The van der Waals surface area contributed by atoms with Gasteiger partial charge in [-0.2, -0.15) is 5.06 Å². The standard InChI is InChI=1S/C21H23BBrFN6O5/c1-30(33)20(27-14-4-5-17(24)16(23)11-14)18-19(29-35-28-18)25-7-8-26-21(31)13-3-2-12-6-9-34-22(32)15(12)10-13/h2-5,10-11,20,27,32-33H,6-9H2,1H3,(H,25,29)(H,26,31). The lowest BCUT2D eigenvalue weighted by molar-refractivity contribution is -0.0969. The Bertz CT molecular complexity index is 1200. The molecule has 4 rings (SSSR count). The monoisotopic (exact) mass is 548 g/mol. The van der Waals surface area contributed by atoms with E-state index in [0.29, 0.717) is 29.7 Å². The van der Waals surface area contributed by atoms with Crippen LogP contribution in [-0.4, -0.2) is 65.4 Å². The van der Waals surface area contributed by atoms with Gasteiger partial charge in [0.2, 0.25) is 0 Å². The smallest absolute Gasteiger partial charge is 0.423 e. The number of nitrogens with one attached hydrogen (secondary N) is 3. The van der Waals surface area contributed by atoms with Crippen molar-refractivity contribution >= 4 is 45.9 Å². The molecule has 3 aromatic rings. The van der Waals surface area contributed by atoms with Crippen LogP contribution in [-0.2, 0) is 11.1 Å². The van der Waals surface area contributed by atoms with E-state index in [4.69, 9.17) is 9.28 Å². The molecule has 1 atom stereocenters. The van der Waals surface area contributed by atoms with Crippen LogP contribution in [0.1, 0.15) is 27.8 Å². The number of benzene rings is 2. The van der Waals surface area contributed by atoms with Gasteiger partial charge >= 0.3 is 7.12 Å². The fraction of sp³-hybridized carbons (Fsp3) is 0.286. The zero-order valence-corrected chi connectivity index (χ0v) is 20.2. The van der Waals surface area contributed by atoms with Gasteiger partial charge in [0.25, 0.3) is 5.91 Å². The third-order valence-electron chi connectivity index (χ3n) is 5.39. The minimum absolute atomic E-state index is 0.249. The molecular formula is C21H23BBrFN6O5. The second kappa shape index (κ2) is 11.1. The first-order chi connectivity index (χ1) is 16.8. The second-order valence-electron chi connectivity index (χ2n) is 7.82. The zero-order chi connectivity index (χ0) is 24.9. The Morgan fingerprint density at radius 1 is 1.29 bits per heavy atom. The number of anilines is 2. The molecule has 0 saturated heterocycles. The lowest BCUT2D eigenvalue weighted by atomic mass is 9.73. The maximum absolute atomic E-state index is 13.5. The van der Waals surface area contributed by atoms with Gasteiger partial charge in [-0.1, -0.05) is 6.07 Å². The summed E-state index contributed by atoms with van der Waals surface area (Å²) in [5, 5.41) is 37.5. The van der Waals surface area contributed by atoms with Crippen LogP contribution in [0.15, 0.2) is 45.5 Å². The van der Waals surface area contributed by atoms with E-state index in [1.54, 1.807) is 12.1 Å². The number of carbonyl (C=O) groups is 1. The van der Waals surface area contributed by atoms with Crippen molar-refractivity contribution < 1.29 is 28.7 Å². The SMILES string of the molecule is CN(O)C(Nc1ccc(F)c(Br)c1)c1nonc1NCCNC(=O)c1ccc2c(c1)B(O)OCC2. The molecule has 11 nitrogen and oxygen atoms in total. The summed E-state index contributed by atoms with van der Waals surface area (Å²) in [5.41, 5.74) is 2.74. The number of aromatic nitrogens is 2. The predicted octanol–water partition coefficient (Wildman–Crippen LogP) is 1.50. The van der Waals surface area contributed by atoms with Crippen molar-refractivity contribution in [1.29, 1.82) is 0 Å². The van der Waals surface area contributed by atoms with E-state index in [1.165, 1.54) is 25.2 Å². The first-order valence-electron chi connectivity index (χ1n) is 10.7. The number of nitrogens with zero attached hydrogens (tertiary/aromatic N) is 3. The molecule has 0 saturated carbocycles. The highest BCUT2D eigenvalue weighted by molar-refractivity contribution is 9.10. The molecular weight excluding hydrogens is 526 g/mol. The number of hydrogen-bond acceptors (Lipinski definition) is 10. The number of carbonyl (C=O) groups excluding carboxylic acids is 1. The van der Waals surface area contributed by atoms with Crippen LogP contribution < -0.4 is 21.4 Å². The number of rotatable bonds is 9. The minimum atomic E-state index is -1.03. The molecule has 14 heteroatoms. The molecule has 1 aliphatic rings. The fourth-order valence-electron chi connectivity index (χ4n) is 3.60. The van der Waals surface area contributed by atoms with Gasteiger partial charge in [0.1, 0.15) is 5.82 Å². The molecule has 1 unspecified atom stereocenters. The third-order valence-corrected chi connectivity index (χ3v) is 6.00. The van der Waals surface area contributed by atoms with Gasteiger partial charge in [-0.25, -0.2) is 9.02 Å². The lowest BCUT2D eigenvalue weighted by Gasteiger charge is -2.23. The van der Waals surface area contributed by atoms with Crippen LogP contribution in [0.2, 0.25) is 0 Å². The molecule has 2 aromatic carbocycles. The average molecular weight is 549 g/mol. The normalized spacial score (nSPS) is 13.9. The number of hydroxylamine groups is 2. The quantitative estimate of drug-likeness (QED) is 0.115. The Morgan fingerprint density at radius 3 is 2.89 bits per heavy atom. The van der Waals surface area contributed by atoms with Crippen LogP contribution in [0.25, 0.3) is 0 Å². The fourth-order valence-corrected chi connectivity index (χ4v) is 3.98. The number of amides is 1. The Kier molecular flexibility index (Phi) is 7.98. The first kappa shape index (κ1) is 25.1. The van der Waals surface area contributed by atoms with E-state index in [0.717, 1.165) is 10.6 Å². The largest absolute Gasteiger partial charge is 0.491 e. The summed E-state index contributed by atoms with van der Waals surface area (Å²) in [5.74, 6) is -0.466. The van der Waals surface area contributed by atoms with E-state index in [1.807, 2.05) is 6.07 Å². The van der Waals surface area contributed by atoms with E-state index in [-0.39, 0.29) is 35.0 Å². The van der Waals surface area contributed by atoms with E-state index < -0.39 is 19.1 Å². The summed E-state index contributed by atoms with van der Waals surface area (Å²) >= 11 is 3.12. The van der Waals surface area contributed by atoms with Gasteiger partial charge in [0.15, 0.2) is 17.7 Å². The highest BCUT2D eigenvalue weighted by Gasteiger charge is 2.26. The van der Waals surface area contributed by atoms with Crippen molar-refractivity contribution in [3.8, 4) is 0 Å². The Hall–Kier alpha value is -3.04. The predicted molar refractivity (Wildman–Crippen MR) is 129 cm³/mol. The lowest BCUT2D eigenvalue weighted by Crippen LogP contribution is -2.42. The molecule has 0 radical (unpaired) electrons. The molecule has 5 N–H and O–H groups in total. The maximum Gasteiger partial charge on any atom is 0.491 e.